The van der Waals surface area contributed by atoms with Crippen LogP contribution < -0.4 is 5.32 Å². The van der Waals surface area contributed by atoms with Gasteiger partial charge in [-0.15, -0.1) is 11.3 Å². The van der Waals surface area contributed by atoms with Crippen LogP contribution in [0.5, 0.6) is 0 Å². The Labute approximate surface area is 98.1 Å². The fourth-order valence-corrected chi connectivity index (χ4v) is 2.06. The van der Waals surface area contributed by atoms with Crippen molar-refractivity contribution in [2.75, 3.05) is 6.61 Å². The molecule has 1 aromatic rings. The first-order chi connectivity index (χ1) is 7.02. The molecule has 0 radical (unpaired) electrons. The van der Waals surface area contributed by atoms with Gasteiger partial charge in [0.15, 0.2) is 0 Å². The van der Waals surface area contributed by atoms with Crippen molar-refractivity contribution in [1.29, 1.82) is 0 Å². The van der Waals surface area contributed by atoms with E-state index in [2.05, 4.69) is 5.32 Å². The highest BCUT2D eigenvalue weighted by atomic mass is 35.5. The molecule has 0 spiro atoms. The molecule has 1 amide bonds. The van der Waals surface area contributed by atoms with E-state index in [1.54, 1.807) is 18.4 Å². The highest BCUT2D eigenvalue weighted by Crippen LogP contribution is 2.22. The molecule has 0 aliphatic heterocycles. The summed E-state index contributed by atoms with van der Waals surface area (Å²) in [5, 5.41) is 14.1. The minimum absolute atomic E-state index is 0.0851. The third kappa shape index (κ3) is 2.93. The van der Waals surface area contributed by atoms with E-state index in [4.69, 9.17) is 16.7 Å². The van der Waals surface area contributed by atoms with Gasteiger partial charge in [-0.25, -0.2) is 0 Å². The van der Waals surface area contributed by atoms with Crippen LogP contribution >= 0.6 is 22.9 Å². The van der Waals surface area contributed by atoms with E-state index in [0.717, 1.165) is 0 Å². The largest absolute Gasteiger partial charge is 0.394 e. The van der Waals surface area contributed by atoms with Crippen molar-refractivity contribution in [3.63, 3.8) is 0 Å². The molecule has 1 atom stereocenters. The zero-order chi connectivity index (χ0) is 11.5. The van der Waals surface area contributed by atoms with E-state index in [1.807, 2.05) is 6.92 Å². The Morgan fingerprint density at radius 3 is 2.80 bits per heavy atom. The summed E-state index contributed by atoms with van der Waals surface area (Å²) in [6, 6.07) is 1.68. The zero-order valence-electron chi connectivity index (χ0n) is 8.71. The normalized spacial score (nSPS) is 14.7. The van der Waals surface area contributed by atoms with Gasteiger partial charge in [-0.2, -0.15) is 0 Å². The molecular formula is C10H14ClNO2S. The summed E-state index contributed by atoms with van der Waals surface area (Å²) < 4.78 is 0. The summed E-state index contributed by atoms with van der Waals surface area (Å²) in [4.78, 5) is 12.3. The van der Waals surface area contributed by atoms with Crippen LogP contribution in [0.25, 0.3) is 0 Å². The molecule has 2 N–H and O–H groups in total. The van der Waals surface area contributed by atoms with Crippen molar-refractivity contribution in [3.05, 3.63) is 21.3 Å². The topological polar surface area (TPSA) is 49.3 Å². The maximum atomic E-state index is 11.8. The number of hydrogen-bond acceptors (Lipinski definition) is 3. The Balaban J connectivity index is 2.76. The quantitative estimate of drug-likeness (QED) is 0.858. The number of halogens is 1. The third-order valence-corrected chi connectivity index (χ3v) is 3.71. The third-order valence-electron chi connectivity index (χ3n) is 2.37. The fourth-order valence-electron chi connectivity index (χ4n) is 1.03. The van der Waals surface area contributed by atoms with Crippen molar-refractivity contribution in [2.45, 2.75) is 25.8 Å². The average Bonchev–Trinajstić information content (AvgIpc) is 2.64. The molecule has 84 valence electrons. The molecule has 0 aromatic carbocycles. The Hall–Kier alpha value is -0.580. The summed E-state index contributed by atoms with van der Waals surface area (Å²) in [7, 11) is 0. The van der Waals surface area contributed by atoms with Crippen LogP contribution in [0.15, 0.2) is 11.4 Å². The number of carbonyl (C=O) groups is 1. The Bertz CT molecular complexity index is 347. The molecule has 1 unspecified atom stereocenters. The minimum Gasteiger partial charge on any atom is -0.394 e. The molecule has 0 bridgehead atoms. The second kappa shape index (κ2) is 4.96. The second-order valence-electron chi connectivity index (χ2n) is 3.62. The first kappa shape index (κ1) is 12.5. The van der Waals surface area contributed by atoms with Gasteiger partial charge in [0.25, 0.3) is 5.91 Å². The smallest absolute Gasteiger partial charge is 0.263 e. The monoisotopic (exact) mass is 247 g/mol. The van der Waals surface area contributed by atoms with E-state index in [9.17, 15) is 4.79 Å². The van der Waals surface area contributed by atoms with Crippen LogP contribution in [0.4, 0.5) is 0 Å². The van der Waals surface area contributed by atoms with Crippen LogP contribution in [-0.2, 0) is 0 Å². The number of amides is 1. The first-order valence-electron chi connectivity index (χ1n) is 4.69. The molecule has 1 heterocycles. The Kier molecular flexibility index (Phi) is 4.13. The van der Waals surface area contributed by atoms with Crippen LogP contribution in [-0.4, -0.2) is 23.2 Å². The Morgan fingerprint density at radius 1 is 1.73 bits per heavy atom. The molecule has 0 fully saturated rings. The summed E-state index contributed by atoms with van der Waals surface area (Å²) >= 11 is 7.13. The minimum atomic E-state index is -0.579. The van der Waals surface area contributed by atoms with Crippen LogP contribution in [0.3, 0.4) is 0 Å². The highest BCUT2D eigenvalue weighted by Gasteiger charge is 2.25. The molecule has 1 aromatic heterocycles. The predicted octanol–water partition coefficient (Wildman–Crippen LogP) is 2.29. The van der Waals surface area contributed by atoms with E-state index in [0.29, 0.717) is 16.3 Å². The van der Waals surface area contributed by atoms with E-state index in [1.165, 1.54) is 11.3 Å². The number of rotatable bonds is 4. The van der Waals surface area contributed by atoms with E-state index < -0.39 is 5.54 Å². The van der Waals surface area contributed by atoms with E-state index >= 15 is 0 Å². The predicted molar refractivity (Wildman–Crippen MR) is 62.6 cm³/mol. The van der Waals surface area contributed by atoms with Crippen LogP contribution in [0, 0.1) is 0 Å². The summed E-state index contributed by atoms with van der Waals surface area (Å²) in [5.74, 6) is -0.228. The van der Waals surface area contributed by atoms with Gasteiger partial charge in [-0.3, -0.25) is 4.79 Å². The van der Waals surface area contributed by atoms with Gasteiger partial charge in [-0.1, -0.05) is 18.5 Å². The molecule has 3 nitrogen and oxygen atoms in total. The van der Waals surface area contributed by atoms with Crippen molar-refractivity contribution >= 4 is 28.8 Å². The summed E-state index contributed by atoms with van der Waals surface area (Å²) in [6.07, 6.45) is 0.665. The molecule has 0 saturated heterocycles. The number of thiophene rings is 1. The van der Waals surface area contributed by atoms with Crippen molar-refractivity contribution in [1.82, 2.24) is 5.32 Å². The molecule has 1 rings (SSSR count). The van der Waals surface area contributed by atoms with Gasteiger partial charge in [0, 0.05) is 0 Å². The number of hydrogen-bond donors (Lipinski definition) is 2. The molecule has 5 heteroatoms. The van der Waals surface area contributed by atoms with Gasteiger partial charge < -0.3 is 10.4 Å². The summed E-state index contributed by atoms with van der Waals surface area (Å²) in [5.41, 5.74) is -0.579. The number of nitrogens with one attached hydrogen (secondary N) is 1. The SMILES string of the molecule is CCC(C)(CO)NC(=O)c1sccc1Cl. The van der Waals surface area contributed by atoms with Crippen LogP contribution in [0.2, 0.25) is 5.02 Å². The lowest BCUT2D eigenvalue weighted by Crippen LogP contribution is -2.48. The molecule has 0 aliphatic rings. The van der Waals surface area contributed by atoms with E-state index in [-0.39, 0.29) is 12.5 Å². The fraction of sp³-hybridized carbons (Fsp3) is 0.500. The number of aliphatic hydroxyl groups is 1. The lowest BCUT2D eigenvalue weighted by atomic mass is 10.0. The van der Waals surface area contributed by atoms with Crippen molar-refractivity contribution in [3.8, 4) is 0 Å². The van der Waals surface area contributed by atoms with Gasteiger partial charge in [-0.05, 0) is 24.8 Å². The van der Waals surface area contributed by atoms with Gasteiger partial charge >= 0.3 is 0 Å². The average molecular weight is 248 g/mol. The zero-order valence-corrected chi connectivity index (χ0v) is 10.3. The maximum Gasteiger partial charge on any atom is 0.263 e. The van der Waals surface area contributed by atoms with Gasteiger partial charge in [0.05, 0.1) is 17.2 Å². The Morgan fingerprint density at radius 2 is 2.40 bits per heavy atom. The maximum absolute atomic E-state index is 11.8. The first-order valence-corrected chi connectivity index (χ1v) is 5.94. The molecule has 0 aliphatic carbocycles. The van der Waals surface area contributed by atoms with Gasteiger partial charge in [0.2, 0.25) is 0 Å². The standard InChI is InChI=1S/C10H14ClNO2S/c1-3-10(2,6-13)12-9(14)8-7(11)4-5-15-8/h4-5,13H,3,6H2,1-2H3,(H,12,14). The number of aliphatic hydroxyl groups excluding tert-OH is 1. The highest BCUT2D eigenvalue weighted by molar-refractivity contribution is 7.12. The summed E-state index contributed by atoms with van der Waals surface area (Å²) in [6.45, 7) is 3.62. The molecule has 15 heavy (non-hydrogen) atoms. The van der Waals surface area contributed by atoms with Crippen LogP contribution in [0.1, 0.15) is 29.9 Å². The number of carbonyl (C=O) groups excluding carboxylic acids is 1. The lowest BCUT2D eigenvalue weighted by Gasteiger charge is -2.26. The lowest BCUT2D eigenvalue weighted by molar-refractivity contribution is 0.0851. The second-order valence-corrected chi connectivity index (χ2v) is 4.95. The van der Waals surface area contributed by atoms with Gasteiger partial charge in [0.1, 0.15) is 4.88 Å². The van der Waals surface area contributed by atoms with Crippen molar-refractivity contribution in [2.24, 2.45) is 0 Å². The van der Waals surface area contributed by atoms with Crippen molar-refractivity contribution < 1.29 is 9.90 Å². The molecular weight excluding hydrogens is 234 g/mol. The molecule has 0 saturated carbocycles.